The molecule has 0 saturated carbocycles. The fourth-order valence-electron chi connectivity index (χ4n) is 3.69. The minimum Gasteiger partial charge on any atom is -0.481 e. The number of nitrogens with zero attached hydrogens (tertiary/aromatic N) is 2. The van der Waals surface area contributed by atoms with Crippen molar-refractivity contribution in [3.8, 4) is 5.75 Å². The highest BCUT2D eigenvalue weighted by Crippen LogP contribution is 2.34. The molecule has 0 unspecified atom stereocenters. The van der Waals surface area contributed by atoms with Gasteiger partial charge in [0.05, 0.1) is 16.8 Å². The maximum absolute atomic E-state index is 12.3. The summed E-state index contributed by atoms with van der Waals surface area (Å²) in [6, 6.07) is 11.8. The molecule has 8 nitrogen and oxygen atoms in total. The number of anilines is 2. The quantitative estimate of drug-likeness (QED) is 0.742. The Morgan fingerprint density at radius 1 is 1.03 bits per heavy atom. The molecule has 30 heavy (non-hydrogen) atoms. The minimum atomic E-state index is -0.321. The smallest absolute Gasteiger partial charge is 0.265 e. The van der Waals surface area contributed by atoms with Gasteiger partial charge in [0.2, 0.25) is 5.91 Å². The SMILES string of the molecule is CCN1C(=O)COc2cc(NC(=O)CCCN3C(=O)c4ccccc4C3=O)ccc21. The Hall–Kier alpha value is -3.68. The van der Waals surface area contributed by atoms with Crippen molar-refractivity contribution in [1.29, 1.82) is 0 Å². The number of fused-ring (bicyclic) bond motifs is 2. The summed E-state index contributed by atoms with van der Waals surface area (Å²) in [6.07, 6.45) is 0.516. The molecule has 2 aromatic carbocycles. The molecular weight excluding hydrogens is 386 g/mol. The van der Waals surface area contributed by atoms with Crippen LogP contribution in [0, 0.1) is 0 Å². The number of hydrogen-bond donors (Lipinski definition) is 1. The van der Waals surface area contributed by atoms with Gasteiger partial charge in [0.25, 0.3) is 17.7 Å². The van der Waals surface area contributed by atoms with Crippen LogP contribution in [0.4, 0.5) is 11.4 Å². The van der Waals surface area contributed by atoms with Crippen molar-refractivity contribution in [1.82, 2.24) is 4.90 Å². The van der Waals surface area contributed by atoms with Gasteiger partial charge in [-0.2, -0.15) is 0 Å². The van der Waals surface area contributed by atoms with Crippen LogP contribution in [0.25, 0.3) is 0 Å². The Kier molecular flexibility index (Phi) is 5.22. The number of nitrogens with one attached hydrogen (secondary N) is 1. The maximum Gasteiger partial charge on any atom is 0.265 e. The number of imide groups is 1. The van der Waals surface area contributed by atoms with Crippen LogP contribution in [0.15, 0.2) is 42.5 Å². The molecule has 2 heterocycles. The second-order valence-electron chi connectivity index (χ2n) is 7.07. The van der Waals surface area contributed by atoms with Crippen LogP contribution in [-0.2, 0) is 9.59 Å². The fourth-order valence-corrected chi connectivity index (χ4v) is 3.69. The van der Waals surface area contributed by atoms with E-state index in [1.807, 2.05) is 6.92 Å². The highest BCUT2D eigenvalue weighted by molar-refractivity contribution is 6.21. The molecular formula is C22H21N3O5. The summed E-state index contributed by atoms with van der Waals surface area (Å²) in [4.78, 5) is 51.7. The van der Waals surface area contributed by atoms with E-state index < -0.39 is 0 Å². The molecule has 0 aromatic heterocycles. The highest BCUT2D eigenvalue weighted by atomic mass is 16.5. The number of benzene rings is 2. The molecule has 0 atom stereocenters. The van der Waals surface area contributed by atoms with Crippen molar-refractivity contribution in [3.05, 3.63) is 53.6 Å². The van der Waals surface area contributed by atoms with E-state index in [1.165, 1.54) is 4.90 Å². The third-order valence-corrected chi connectivity index (χ3v) is 5.17. The van der Waals surface area contributed by atoms with Crippen molar-refractivity contribution in [2.24, 2.45) is 0 Å². The molecule has 154 valence electrons. The predicted molar refractivity (Wildman–Crippen MR) is 110 cm³/mol. The first-order chi connectivity index (χ1) is 14.5. The molecule has 0 bridgehead atoms. The van der Waals surface area contributed by atoms with E-state index in [0.717, 1.165) is 0 Å². The highest BCUT2D eigenvalue weighted by Gasteiger charge is 2.34. The summed E-state index contributed by atoms with van der Waals surface area (Å²) in [5.74, 6) is -0.434. The van der Waals surface area contributed by atoms with Crippen LogP contribution in [-0.4, -0.2) is 48.2 Å². The van der Waals surface area contributed by atoms with E-state index >= 15 is 0 Å². The van der Waals surface area contributed by atoms with E-state index in [4.69, 9.17) is 4.74 Å². The third-order valence-electron chi connectivity index (χ3n) is 5.17. The zero-order valence-corrected chi connectivity index (χ0v) is 16.5. The van der Waals surface area contributed by atoms with Gasteiger partial charge in [0, 0.05) is 31.3 Å². The van der Waals surface area contributed by atoms with Crippen LogP contribution < -0.4 is 15.0 Å². The molecule has 2 aliphatic rings. The standard InChI is InChI=1S/C22H21N3O5/c1-2-24-17-10-9-14(12-18(17)30-13-20(24)27)23-19(26)8-5-11-25-21(28)15-6-3-4-7-16(15)22(25)29/h3-4,6-7,9-10,12H,2,5,8,11,13H2,1H3,(H,23,26). The van der Waals surface area contributed by atoms with Gasteiger partial charge in [-0.25, -0.2) is 0 Å². The summed E-state index contributed by atoms with van der Waals surface area (Å²) >= 11 is 0. The van der Waals surface area contributed by atoms with Crippen LogP contribution in [0.3, 0.4) is 0 Å². The largest absolute Gasteiger partial charge is 0.481 e. The van der Waals surface area contributed by atoms with E-state index in [9.17, 15) is 19.2 Å². The fraction of sp³-hybridized carbons (Fsp3) is 0.273. The molecule has 0 fully saturated rings. The normalized spacial score (nSPS) is 15.0. The average molecular weight is 407 g/mol. The number of rotatable bonds is 6. The first-order valence-corrected chi connectivity index (χ1v) is 9.82. The van der Waals surface area contributed by atoms with Crippen molar-refractivity contribution >= 4 is 35.0 Å². The van der Waals surface area contributed by atoms with Gasteiger partial charge in [-0.15, -0.1) is 0 Å². The van der Waals surface area contributed by atoms with E-state index in [-0.39, 0.29) is 43.2 Å². The Labute approximate surface area is 173 Å². The minimum absolute atomic E-state index is 0.0292. The second kappa shape index (κ2) is 7.98. The molecule has 4 rings (SSSR count). The Morgan fingerprint density at radius 3 is 2.40 bits per heavy atom. The molecule has 0 saturated heterocycles. The number of carbonyl (C=O) groups is 4. The molecule has 2 aromatic rings. The van der Waals surface area contributed by atoms with E-state index in [0.29, 0.717) is 41.2 Å². The van der Waals surface area contributed by atoms with Crippen LogP contribution in [0.5, 0.6) is 5.75 Å². The van der Waals surface area contributed by atoms with Gasteiger partial charge < -0.3 is 15.0 Å². The lowest BCUT2D eigenvalue weighted by molar-refractivity contribution is -0.121. The van der Waals surface area contributed by atoms with Crippen molar-refractivity contribution in [3.63, 3.8) is 0 Å². The number of likely N-dealkylation sites (N-methyl/N-ethyl adjacent to an activating group) is 1. The summed E-state index contributed by atoms with van der Waals surface area (Å²) in [5, 5.41) is 2.79. The van der Waals surface area contributed by atoms with Crippen molar-refractivity contribution in [2.75, 3.05) is 29.9 Å². The number of amides is 4. The maximum atomic E-state index is 12.3. The van der Waals surface area contributed by atoms with Crippen molar-refractivity contribution in [2.45, 2.75) is 19.8 Å². The predicted octanol–water partition coefficient (Wildman–Crippen LogP) is 2.45. The lowest BCUT2D eigenvalue weighted by atomic mass is 10.1. The summed E-state index contributed by atoms with van der Waals surface area (Å²) in [6.45, 7) is 2.58. The van der Waals surface area contributed by atoms with Crippen LogP contribution >= 0.6 is 0 Å². The number of hydrogen-bond acceptors (Lipinski definition) is 5. The Balaban J connectivity index is 1.32. The van der Waals surface area contributed by atoms with Gasteiger partial charge in [0.15, 0.2) is 6.61 Å². The van der Waals surface area contributed by atoms with Gasteiger partial charge in [0.1, 0.15) is 5.75 Å². The summed E-state index contributed by atoms with van der Waals surface area (Å²) < 4.78 is 5.47. The lowest BCUT2D eigenvalue weighted by Crippen LogP contribution is -2.38. The molecule has 1 N–H and O–H groups in total. The first kappa shape index (κ1) is 19.6. The van der Waals surface area contributed by atoms with Crippen LogP contribution in [0.1, 0.15) is 40.5 Å². The topological polar surface area (TPSA) is 96.0 Å². The molecule has 8 heteroatoms. The monoisotopic (exact) mass is 407 g/mol. The molecule has 0 radical (unpaired) electrons. The molecule has 4 amide bonds. The number of carbonyl (C=O) groups excluding carboxylic acids is 4. The summed E-state index contributed by atoms with van der Waals surface area (Å²) in [5.41, 5.74) is 2.04. The third kappa shape index (κ3) is 3.52. The van der Waals surface area contributed by atoms with E-state index in [2.05, 4.69) is 5.32 Å². The lowest BCUT2D eigenvalue weighted by Gasteiger charge is -2.28. The molecule has 0 spiro atoms. The summed E-state index contributed by atoms with van der Waals surface area (Å²) in [7, 11) is 0. The van der Waals surface area contributed by atoms with Crippen LogP contribution in [0.2, 0.25) is 0 Å². The molecule has 0 aliphatic carbocycles. The Bertz CT molecular complexity index is 1010. The van der Waals surface area contributed by atoms with Gasteiger partial charge >= 0.3 is 0 Å². The van der Waals surface area contributed by atoms with Crippen molar-refractivity contribution < 1.29 is 23.9 Å². The Morgan fingerprint density at radius 2 is 1.73 bits per heavy atom. The zero-order chi connectivity index (χ0) is 21.3. The van der Waals surface area contributed by atoms with E-state index in [1.54, 1.807) is 47.4 Å². The van der Waals surface area contributed by atoms with Gasteiger partial charge in [-0.3, -0.25) is 24.1 Å². The second-order valence-corrected chi connectivity index (χ2v) is 7.07. The van der Waals surface area contributed by atoms with Gasteiger partial charge in [-0.1, -0.05) is 12.1 Å². The first-order valence-electron chi connectivity index (χ1n) is 9.82. The zero-order valence-electron chi connectivity index (χ0n) is 16.5. The number of ether oxygens (including phenoxy) is 1. The van der Waals surface area contributed by atoms with Gasteiger partial charge in [-0.05, 0) is 37.6 Å². The average Bonchev–Trinajstić information content (AvgIpc) is 2.99. The molecule has 2 aliphatic heterocycles.